The summed E-state index contributed by atoms with van der Waals surface area (Å²) >= 11 is 7.73. The number of hydrogen-bond acceptors (Lipinski definition) is 6. The Kier molecular flexibility index (Phi) is 5.80. The molecule has 0 saturated heterocycles. The lowest BCUT2D eigenvalue weighted by molar-refractivity contribution is -0.136. The number of esters is 1. The molecule has 0 saturated carbocycles. The third-order valence-electron chi connectivity index (χ3n) is 5.04. The predicted molar refractivity (Wildman–Crippen MR) is 120 cm³/mol. The molecule has 0 aliphatic carbocycles. The molecule has 1 aliphatic rings. The van der Waals surface area contributed by atoms with Crippen LogP contribution in [0.2, 0.25) is 5.02 Å². The van der Waals surface area contributed by atoms with Crippen LogP contribution in [-0.4, -0.2) is 24.8 Å². The van der Waals surface area contributed by atoms with Crippen LogP contribution in [0.5, 0.6) is 5.75 Å². The molecule has 2 aromatic carbocycles. The summed E-state index contributed by atoms with van der Waals surface area (Å²) in [6.07, 6.45) is 1.80. The van der Waals surface area contributed by atoms with Gasteiger partial charge in [-0.3, -0.25) is 9.36 Å². The maximum absolute atomic E-state index is 13.4. The molecule has 0 spiro atoms. The minimum atomic E-state index is -0.726. The van der Waals surface area contributed by atoms with Gasteiger partial charge in [-0.1, -0.05) is 53.3 Å². The minimum Gasteiger partial charge on any atom is -0.497 e. The molecule has 3 aromatic rings. The second kappa shape index (κ2) is 8.53. The van der Waals surface area contributed by atoms with E-state index in [1.807, 2.05) is 30.3 Å². The first-order valence-corrected chi connectivity index (χ1v) is 10.6. The summed E-state index contributed by atoms with van der Waals surface area (Å²) in [5.41, 5.74) is 2.02. The molecule has 2 heterocycles. The van der Waals surface area contributed by atoms with Crippen LogP contribution < -0.4 is 19.6 Å². The summed E-state index contributed by atoms with van der Waals surface area (Å²) in [4.78, 5) is 31.1. The van der Waals surface area contributed by atoms with Gasteiger partial charge in [0.2, 0.25) is 0 Å². The zero-order valence-electron chi connectivity index (χ0n) is 17.1. The van der Waals surface area contributed by atoms with E-state index in [1.54, 1.807) is 38.3 Å². The van der Waals surface area contributed by atoms with Crippen molar-refractivity contribution in [2.75, 3.05) is 14.2 Å². The summed E-state index contributed by atoms with van der Waals surface area (Å²) in [6, 6.07) is 13.8. The largest absolute Gasteiger partial charge is 0.497 e. The third kappa shape index (κ3) is 3.82. The smallest absolute Gasteiger partial charge is 0.338 e. The van der Waals surface area contributed by atoms with Gasteiger partial charge in [-0.2, -0.15) is 0 Å². The molecule has 6 nitrogen and oxygen atoms in total. The zero-order chi connectivity index (χ0) is 22.1. The van der Waals surface area contributed by atoms with Gasteiger partial charge >= 0.3 is 5.97 Å². The summed E-state index contributed by atoms with van der Waals surface area (Å²) in [5, 5.41) is 0.452. The zero-order valence-corrected chi connectivity index (χ0v) is 18.7. The lowest BCUT2D eigenvalue weighted by Crippen LogP contribution is -2.39. The van der Waals surface area contributed by atoms with Crippen LogP contribution in [0.1, 0.15) is 24.1 Å². The van der Waals surface area contributed by atoms with Crippen LogP contribution in [0.25, 0.3) is 6.08 Å². The molecule has 8 heteroatoms. The fraction of sp³-hybridized carbons (Fsp3) is 0.174. The van der Waals surface area contributed by atoms with Crippen LogP contribution >= 0.6 is 22.9 Å². The highest BCUT2D eigenvalue weighted by atomic mass is 35.5. The molecule has 0 radical (unpaired) electrons. The molecule has 0 unspecified atom stereocenters. The molecule has 0 amide bonds. The van der Waals surface area contributed by atoms with E-state index in [1.165, 1.54) is 23.0 Å². The first kappa shape index (κ1) is 21.1. The van der Waals surface area contributed by atoms with Crippen molar-refractivity contribution in [3.05, 3.63) is 95.6 Å². The average Bonchev–Trinajstić information content (AvgIpc) is 3.08. The lowest BCUT2D eigenvalue weighted by Gasteiger charge is -2.25. The Morgan fingerprint density at radius 1 is 1.16 bits per heavy atom. The van der Waals surface area contributed by atoms with Gasteiger partial charge in [0.1, 0.15) is 11.8 Å². The Bertz CT molecular complexity index is 1370. The average molecular weight is 455 g/mol. The second-order valence-electron chi connectivity index (χ2n) is 6.87. The van der Waals surface area contributed by atoms with Crippen molar-refractivity contribution in [3.8, 4) is 5.75 Å². The molecule has 0 bridgehead atoms. The Balaban J connectivity index is 1.96. The Morgan fingerprint density at radius 3 is 2.52 bits per heavy atom. The van der Waals surface area contributed by atoms with Gasteiger partial charge in [-0.05, 0) is 42.3 Å². The van der Waals surface area contributed by atoms with Crippen LogP contribution in [0, 0.1) is 0 Å². The number of methoxy groups -OCH3 is 2. The summed E-state index contributed by atoms with van der Waals surface area (Å²) in [7, 11) is 2.91. The van der Waals surface area contributed by atoms with E-state index < -0.39 is 12.0 Å². The SMILES string of the molecule is COC(=O)C1=C(C)N=c2s/c(=C/c3ccc(OC)cc3)c(=O)n2[C@@H]1c1ccccc1Cl. The van der Waals surface area contributed by atoms with Crippen molar-refractivity contribution in [2.24, 2.45) is 4.99 Å². The highest BCUT2D eigenvalue weighted by Gasteiger charge is 2.34. The number of carbonyl (C=O) groups is 1. The highest BCUT2D eigenvalue weighted by Crippen LogP contribution is 2.34. The highest BCUT2D eigenvalue weighted by molar-refractivity contribution is 7.07. The summed E-state index contributed by atoms with van der Waals surface area (Å²) in [5.74, 6) is 0.186. The lowest BCUT2D eigenvalue weighted by atomic mass is 9.96. The van der Waals surface area contributed by atoms with Crippen LogP contribution in [-0.2, 0) is 9.53 Å². The number of ether oxygens (including phenoxy) is 2. The first-order valence-electron chi connectivity index (χ1n) is 9.44. The van der Waals surface area contributed by atoms with Crippen molar-refractivity contribution < 1.29 is 14.3 Å². The van der Waals surface area contributed by atoms with E-state index in [-0.39, 0.29) is 5.56 Å². The fourth-order valence-electron chi connectivity index (χ4n) is 3.54. The maximum Gasteiger partial charge on any atom is 0.338 e. The predicted octanol–water partition coefficient (Wildman–Crippen LogP) is 3.07. The number of carbonyl (C=O) groups excluding carboxylic acids is 1. The molecule has 158 valence electrons. The number of fused-ring (bicyclic) bond motifs is 1. The van der Waals surface area contributed by atoms with Gasteiger partial charge in [-0.15, -0.1) is 0 Å². The van der Waals surface area contributed by atoms with Gasteiger partial charge in [0.15, 0.2) is 4.80 Å². The van der Waals surface area contributed by atoms with Crippen molar-refractivity contribution >= 4 is 35.0 Å². The van der Waals surface area contributed by atoms with E-state index in [9.17, 15) is 9.59 Å². The standard InChI is InChI=1S/C23H19ClN2O4S/c1-13-19(22(28)30-3)20(16-6-4-5-7-17(16)24)26-21(27)18(31-23(26)25-13)12-14-8-10-15(29-2)11-9-14/h4-12,20H,1-3H3/b18-12+/t20-/m1/s1. The number of allylic oxidation sites excluding steroid dienone is 1. The summed E-state index contributed by atoms with van der Waals surface area (Å²) in [6.45, 7) is 1.73. The molecule has 4 rings (SSSR count). The number of rotatable bonds is 4. The number of halogens is 1. The minimum absolute atomic E-state index is 0.251. The number of benzene rings is 2. The van der Waals surface area contributed by atoms with E-state index in [0.29, 0.717) is 31.2 Å². The Morgan fingerprint density at radius 2 is 1.87 bits per heavy atom. The number of aromatic nitrogens is 1. The van der Waals surface area contributed by atoms with E-state index in [2.05, 4.69) is 4.99 Å². The molecular formula is C23H19ClN2O4S. The molecule has 0 fully saturated rings. The van der Waals surface area contributed by atoms with Crippen LogP contribution in [0.3, 0.4) is 0 Å². The fourth-order valence-corrected chi connectivity index (χ4v) is 4.82. The van der Waals surface area contributed by atoms with Gasteiger partial charge < -0.3 is 9.47 Å². The normalized spacial score (nSPS) is 16.0. The quantitative estimate of drug-likeness (QED) is 0.568. The van der Waals surface area contributed by atoms with Crippen LogP contribution in [0.15, 0.2) is 69.6 Å². The monoisotopic (exact) mass is 454 g/mol. The van der Waals surface area contributed by atoms with Gasteiger partial charge in [0.05, 0.1) is 30.0 Å². The van der Waals surface area contributed by atoms with Crippen molar-refractivity contribution in [1.82, 2.24) is 4.57 Å². The number of thiazole rings is 1. The van der Waals surface area contributed by atoms with Gasteiger partial charge in [0.25, 0.3) is 5.56 Å². The molecule has 0 N–H and O–H groups in total. The number of nitrogens with zero attached hydrogens (tertiary/aromatic N) is 2. The maximum atomic E-state index is 13.4. The molecule has 31 heavy (non-hydrogen) atoms. The number of hydrogen-bond donors (Lipinski definition) is 0. The van der Waals surface area contributed by atoms with Crippen molar-refractivity contribution in [1.29, 1.82) is 0 Å². The molecule has 1 aromatic heterocycles. The van der Waals surface area contributed by atoms with Crippen molar-refractivity contribution in [3.63, 3.8) is 0 Å². The van der Waals surface area contributed by atoms with Crippen LogP contribution in [0.4, 0.5) is 0 Å². The molecule has 1 aliphatic heterocycles. The Labute approximate surface area is 187 Å². The molecular weight excluding hydrogens is 436 g/mol. The summed E-state index contributed by atoms with van der Waals surface area (Å²) < 4.78 is 12.2. The van der Waals surface area contributed by atoms with Crippen molar-refractivity contribution in [2.45, 2.75) is 13.0 Å². The van der Waals surface area contributed by atoms with Gasteiger partial charge in [0, 0.05) is 5.02 Å². The van der Waals surface area contributed by atoms with E-state index in [0.717, 1.165) is 11.3 Å². The molecule has 1 atom stereocenters. The van der Waals surface area contributed by atoms with Gasteiger partial charge in [-0.25, -0.2) is 9.79 Å². The topological polar surface area (TPSA) is 69.9 Å². The third-order valence-corrected chi connectivity index (χ3v) is 6.37. The Hall–Kier alpha value is -3.16. The second-order valence-corrected chi connectivity index (χ2v) is 8.28. The van der Waals surface area contributed by atoms with E-state index in [4.69, 9.17) is 21.1 Å². The first-order chi connectivity index (χ1) is 14.9. The van der Waals surface area contributed by atoms with E-state index >= 15 is 0 Å².